The van der Waals surface area contributed by atoms with Crippen molar-refractivity contribution < 1.29 is 14.2 Å². The van der Waals surface area contributed by atoms with Crippen LogP contribution in [0.2, 0.25) is 5.02 Å². The molecule has 3 aromatic rings. The minimum absolute atomic E-state index is 0. The van der Waals surface area contributed by atoms with Crippen molar-refractivity contribution in [3.63, 3.8) is 0 Å². The number of nitrogens with one attached hydrogen (secondary N) is 2. The second-order valence-corrected chi connectivity index (χ2v) is 8.00. The summed E-state index contributed by atoms with van der Waals surface area (Å²) in [5, 5.41) is 9.50. The first kappa shape index (κ1) is 25.7. The zero-order chi connectivity index (χ0) is 22.9. The topological polar surface area (TPSA) is 88.7 Å². The Bertz CT molecular complexity index is 1100. The summed E-state index contributed by atoms with van der Waals surface area (Å²) in [6, 6.07) is 16.0. The molecule has 182 valence electrons. The number of benzene rings is 2. The Morgan fingerprint density at radius 3 is 2.74 bits per heavy atom. The molecule has 0 radical (unpaired) electrons. The number of aromatic amines is 1. The molecular weight excluding hydrogens is 479 g/mol. The number of aromatic nitrogens is 2. The lowest BCUT2D eigenvalue weighted by Crippen LogP contribution is -2.30. The number of anilines is 1. The first-order valence-electron chi connectivity index (χ1n) is 11.0. The van der Waals surface area contributed by atoms with Gasteiger partial charge in [0.05, 0.1) is 11.2 Å². The van der Waals surface area contributed by atoms with E-state index < -0.39 is 0 Å². The van der Waals surface area contributed by atoms with E-state index in [1.807, 2.05) is 36.4 Å². The Kier molecular flexibility index (Phi) is 9.88. The zero-order valence-electron chi connectivity index (χ0n) is 18.7. The van der Waals surface area contributed by atoms with Gasteiger partial charge in [0.1, 0.15) is 25.5 Å². The van der Waals surface area contributed by atoms with E-state index in [2.05, 4.69) is 32.5 Å². The highest BCUT2D eigenvalue weighted by atomic mass is 35.5. The molecule has 0 aliphatic carbocycles. The maximum atomic E-state index is 11.9. The van der Waals surface area contributed by atoms with E-state index in [1.165, 1.54) is 11.8 Å². The SMILES string of the molecule is Cl.O=c1[nH]ncc(Cl)c1NCCCN(CCOc1cccc2c1OCCO2)Cc1ccccc1. The summed E-state index contributed by atoms with van der Waals surface area (Å²) in [5.74, 6) is 2.08. The lowest BCUT2D eigenvalue weighted by atomic mass is 10.2. The normalized spacial score (nSPS) is 12.2. The van der Waals surface area contributed by atoms with Crippen LogP contribution in [0.4, 0.5) is 5.69 Å². The van der Waals surface area contributed by atoms with Crippen molar-refractivity contribution in [1.29, 1.82) is 0 Å². The number of para-hydroxylation sites is 1. The minimum Gasteiger partial charge on any atom is -0.488 e. The molecule has 1 aliphatic rings. The van der Waals surface area contributed by atoms with Gasteiger partial charge in [-0.3, -0.25) is 9.69 Å². The van der Waals surface area contributed by atoms with Gasteiger partial charge in [0.2, 0.25) is 5.75 Å². The average Bonchev–Trinajstić information content (AvgIpc) is 2.84. The van der Waals surface area contributed by atoms with Gasteiger partial charge in [0.25, 0.3) is 5.56 Å². The van der Waals surface area contributed by atoms with Crippen molar-refractivity contribution in [3.8, 4) is 17.2 Å². The monoisotopic (exact) mass is 506 g/mol. The van der Waals surface area contributed by atoms with Gasteiger partial charge in [-0.25, -0.2) is 5.10 Å². The summed E-state index contributed by atoms with van der Waals surface area (Å²) < 4.78 is 17.4. The van der Waals surface area contributed by atoms with Gasteiger partial charge in [-0.2, -0.15) is 5.10 Å². The molecule has 0 fully saturated rings. The van der Waals surface area contributed by atoms with Crippen molar-refractivity contribution >= 4 is 29.7 Å². The summed E-state index contributed by atoms with van der Waals surface area (Å²) in [7, 11) is 0. The molecule has 1 aliphatic heterocycles. The lowest BCUT2D eigenvalue weighted by molar-refractivity contribution is 0.155. The molecule has 0 amide bonds. The van der Waals surface area contributed by atoms with Crippen LogP contribution in [0.25, 0.3) is 0 Å². The van der Waals surface area contributed by atoms with Gasteiger partial charge in [-0.05, 0) is 24.1 Å². The van der Waals surface area contributed by atoms with Crippen molar-refractivity contribution in [2.24, 2.45) is 0 Å². The third-order valence-corrected chi connectivity index (χ3v) is 5.49. The Balaban J connectivity index is 0.00000324. The first-order valence-corrected chi connectivity index (χ1v) is 11.3. The summed E-state index contributed by atoms with van der Waals surface area (Å²) in [5.41, 5.74) is 1.25. The van der Waals surface area contributed by atoms with Crippen LogP contribution in [0, 0.1) is 0 Å². The van der Waals surface area contributed by atoms with Gasteiger partial charge < -0.3 is 19.5 Å². The molecule has 0 saturated carbocycles. The van der Waals surface area contributed by atoms with Gasteiger partial charge >= 0.3 is 0 Å². The predicted octanol–water partition coefficient (Wildman–Crippen LogP) is 4.00. The van der Waals surface area contributed by atoms with E-state index in [0.29, 0.717) is 48.6 Å². The smallest absolute Gasteiger partial charge is 0.289 e. The minimum atomic E-state index is -0.325. The molecule has 2 aromatic carbocycles. The highest BCUT2D eigenvalue weighted by Gasteiger charge is 2.17. The number of hydrogen-bond acceptors (Lipinski definition) is 7. The van der Waals surface area contributed by atoms with E-state index in [1.54, 1.807) is 0 Å². The molecule has 0 spiro atoms. The van der Waals surface area contributed by atoms with Crippen molar-refractivity contribution in [1.82, 2.24) is 15.1 Å². The van der Waals surface area contributed by atoms with E-state index in [0.717, 1.165) is 31.8 Å². The summed E-state index contributed by atoms with van der Waals surface area (Å²) in [6.07, 6.45) is 2.24. The number of halogens is 2. The molecule has 2 N–H and O–H groups in total. The lowest BCUT2D eigenvalue weighted by Gasteiger charge is -2.24. The Morgan fingerprint density at radius 1 is 1.09 bits per heavy atom. The number of rotatable bonds is 11. The summed E-state index contributed by atoms with van der Waals surface area (Å²) >= 11 is 6.06. The number of hydrogen-bond donors (Lipinski definition) is 2. The van der Waals surface area contributed by atoms with Gasteiger partial charge in [0.15, 0.2) is 11.5 Å². The van der Waals surface area contributed by atoms with Crippen LogP contribution < -0.4 is 25.1 Å². The van der Waals surface area contributed by atoms with Gasteiger partial charge in [0, 0.05) is 26.2 Å². The quantitative estimate of drug-likeness (QED) is 0.380. The third-order valence-electron chi connectivity index (χ3n) is 5.21. The van der Waals surface area contributed by atoms with E-state index in [-0.39, 0.29) is 18.0 Å². The van der Waals surface area contributed by atoms with E-state index >= 15 is 0 Å². The van der Waals surface area contributed by atoms with Gasteiger partial charge in [-0.15, -0.1) is 12.4 Å². The molecule has 8 nitrogen and oxygen atoms in total. The summed E-state index contributed by atoms with van der Waals surface area (Å²) in [4.78, 5) is 14.2. The molecule has 1 aromatic heterocycles. The molecule has 2 heterocycles. The maximum absolute atomic E-state index is 11.9. The van der Waals surface area contributed by atoms with Gasteiger partial charge in [-0.1, -0.05) is 48.0 Å². The second-order valence-electron chi connectivity index (χ2n) is 7.59. The maximum Gasteiger partial charge on any atom is 0.289 e. The van der Waals surface area contributed by atoms with Crippen LogP contribution >= 0.6 is 24.0 Å². The van der Waals surface area contributed by atoms with E-state index in [9.17, 15) is 4.79 Å². The molecule has 4 rings (SSSR count). The Morgan fingerprint density at radius 2 is 1.91 bits per heavy atom. The fourth-order valence-corrected chi connectivity index (χ4v) is 3.82. The standard InChI is InChI=1S/C24H27ClN4O4.ClH/c25-19-16-27-28-24(30)22(19)26-10-5-11-29(17-18-6-2-1-3-7-18)12-13-31-20-8-4-9-21-23(20)33-15-14-32-21;/h1-4,6-9,16H,5,10-15,17H2,(H,26,27)(H,28,30);1H. The molecular formula is C24H28Cl2N4O4. The molecule has 0 unspecified atom stereocenters. The fourth-order valence-electron chi connectivity index (χ4n) is 3.61. The predicted molar refractivity (Wildman–Crippen MR) is 135 cm³/mol. The molecule has 0 bridgehead atoms. The number of H-pyrrole nitrogens is 1. The second kappa shape index (κ2) is 13.1. The van der Waals surface area contributed by atoms with Crippen LogP contribution in [-0.2, 0) is 6.54 Å². The number of nitrogens with zero attached hydrogens (tertiary/aromatic N) is 2. The largest absolute Gasteiger partial charge is 0.488 e. The number of fused-ring (bicyclic) bond motifs is 1. The highest BCUT2D eigenvalue weighted by Crippen LogP contribution is 2.38. The van der Waals surface area contributed by atoms with Crippen LogP contribution in [0.5, 0.6) is 17.2 Å². The van der Waals surface area contributed by atoms with E-state index in [4.69, 9.17) is 25.8 Å². The average molecular weight is 507 g/mol. The van der Waals surface area contributed by atoms with Crippen LogP contribution in [0.15, 0.2) is 59.5 Å². The summed E-state index contributed by atoms with van der Waals surface area (Å²) in [6.45, 7) is 4.53. The first-order chi connectivity index (χ1) is 16.2. The van der Waals surface area contributed by atoms with Crippen molar-refractivity contribution in [2.75, 3.05) is 44.8 Å². The zero-order valence-corrected chi connectivity index (χ0v) is 20.2. The van der Waals surface area contributed by atoms with Crippen LogP contribution in [-0.4, -0.2) is 54.6 Å². The molecule has 0 saturated heterocycles. The number of ether oxygens (including phenoxy) is 3. The fraction of sp³-hybridized carbons (Fsp3) is 0.333. The Labute approximate surface area is 209 Å². The van der Waals surface area contributed by atoms with Crippen molar-refractivity contribution in [2.45, 2.75) is 13.0 Å². The Hall–Kier alpha value is -2.94. The van der Waals surface area contributed by atoms with Crippen LogP contribution in [0.3, 0.4) is 0 Å². The molecule has 34 heavy (non-hydrogen) atoms. The third kappa shape index (κ3) is 7.03. The van der Waals surface area contributed by atoms with Crippen LogP contribution in [0.1, 0.15) is 12.0 Å². The molecule has 0 atom stereocenters. The van der Waals surface area contributed by atoms with Crippen molar-refractivity contribution in [3.05, 3.63) is 75.7 Å². The molecule has 10 heteroatoms. The highest BCUT2D eigenvalue weighted by molar-refractivity contribution is 6.32.